The highest BCUT2D eigenvalue weighted by molar-refractivity contribution is 7.45. The van der Waals surface area contributed by atoms with Crippen molar-refractivity contribution in [2.75, 3.05) is 40.9 Å². The molecule has 3 atom stereocenters. The molecule has 0 aliphatic heterocycles. The number of carbonyl (C=O) groups is 1. The van der Waals surface area contributed by atoms with Crippen LogP contribution in [0.5, 0.6) is 0 Å². The van der Waals surface area contributed by atoms with Gasteiger partial charge in [-0.3, -0.25) is 9.36 Å². The van der Waals surface area contributed by atoms with Crippen molar-refractivity contribution in [3.63, 3.8) is 0 Å². The normalized spacial score (nSPS) is 14.5. The minimum absolute atomic E-state index is 0.00413. The first-order chi connectivity index (χ1) is 27.0. The van der Waals surface area contributed by atoms with Crippen LogP contribution in [-0.4, -0.2) is 68.5 Å². The lowest BCUT2D eigenvalue weighted by Crippen LogP contribution is -2.45. The maximum atomic E-state index is 12.9. The second-order valence-electron chi connectivity index (χ2n) is 17.5. The van der Waals surface area contributed by atoms with E-state index in [1.165, 1.54) is 161 Å². The van der Waals surface area contributed by atoms with E-state index in [2.05, 4.69) is 31.3 Å². The lowest BCUT2D eigenvalue weighted by atomic mass is 10.0. The zero-order valence-electron chi connectivity index (χ0n) is 37.6. The van der Waals surface area contributed by atoms with Gasteiger partial charge in [0.15, 0.2) is 0 Å². The molecular formula is C47H93N2O6P. The third-order valence-corrected chi connectivity index (χ3v) is 11.6. The van der Waals surface area contributed by atoms with Gasteiger partial charge in [0.05, 0.1) is 39.9 Å². The Balaban J connectivity index is 4.41. The zero-order chi connectivity index (χ0) is 41.4. The van der Waals surface area contributed by atoms with E-state index in [-0.39, 0.29) is 19.1 Å². The molecule has 0 aliphatic rings. The summed E-state index contributed by atoms with van der Waals surface area (Å²) >= 11 is 0. The second kappa shape index (κ2) is 39.4. The Morgan fingerprint density at radius 3 is 1.45 bits per heavy atom. The van der Waals surface area contributed by atoms with Gasteiger partial charge < -0.3 is 28.8 Å². The van der Waals surface area contributed by atoms with Crippen LogP contribution in [0.4, 0.5) is 0 Å². The third kappa shape index (κ3) is 41.2. The van der Waals surface area contributed by atoms with E-state index in [4.69, 9.17) is 9.05 Å². The molecule has 3 unspecified atom stereocenters. The molecule has 0 aliphatic carbocycles. The first kappa shape index (κ1) is 55.0. The van der Waals surface area contributed by atoms with Crippen LogP contribution in [0.25, 0.3) is 0 Å². The quantitative estimate of drug-likeness (QED) is 0.0275. The van der Waals surface area contributed by atoms with E-state index in [1.54, 1.807) is 6.08 Å². The summed E-state index contributed by atoms with van der Waals surface area (Å²) in [6.45, 7) is 4.64. The molecule has 56 heavy (non-hydrogen) atoms. The van der Waals surface area contributed by atoms with Gasteiger partial charge in [-0.25, -0.2) is 0 Å². The Morgan fingerprint density at radius 2 is 1.00 bits per heavy atom. The number of nitrogens with one attached hydrogen (secondary N) is 1. The molecule has 0 fully saturated rings. The summed E-state index contributed by atoms with van der Waals surface area (Å²) in [6, 6.07) is -0.898. The number of likely N-dealkylation sites (N-methyl/N-ethyl adjacent to an activating group) is 1. The van der Waals surface area contributed by atoms with E-state index in [9.17, 15) is 19.4 Å². The van der Waals surface area contributed by atoms with Crippen molar-refractivity contribution in [3.8, 4) is 0 Å². The number of carbonyl (C=O) groups excluding carboxylic acids is 1. The van der Waals surface area contributed by atoms with E-state index >= 15 is 0 Å². The van der Waals surface area contributed by atoms with Gasteiger partial charge in [-0.2, -0.15) is 0 Å². The number of hydrogen-bond acceptors (Lipinski definition) is 6. The van der Waals surface area contributed by atoms with Crippen LogP contribution in [0.2, 0.25) is 0 Å². The van der Waals surface area contributed by atoms with Gasteiger partial charge >= 0.3 is 0 Å². The van der Waals surface area contributed by atoms with E-state index in [0.29, 0.717) is 17.4 Å². The molecule has 0 aromatic rings. The minimum atomic E-state index is -4.59. The van der Waals surface area contributed by atoms with Crippen LogP contribution in [0.1, 0.15) is 219 Å². The number of rotatable bonds is 43. The van der Waals surface area contributed by atoms with Crippen molar-refractivity contribution in [1.82, 2.24) is 5.32 Å². The Labute approximate surface area is 347 Å². The predicted molar refractivity (Wildman–Crippen MR) is 238 cm³/mol. The number of unbranched alkanes of at least 4 members (excludes halogenated alkanes) is 28. The first-order valence-electron chi connectivity index (χ1n) is 23.7. The van der Waals surface area contributed by atoms with Gasteiger partial charge in [0, 0.05) is 6.42 Å². The fourth-order valence-electron chi connectivity index (χ4n) is 6.87. The second-order valence-corrected chi connectivity index (χ2v) is 18.9. The molecule has 0 rings (SSSR count). The maximum absolute atomic E-state index is 12.9. The van der Waals surface area contributed by atoms with Gasteiger partial charge in [-0.05, 0) is 32.1 Å². The standard InChI is InChI=1S/C47H93N2O6P/c1-6-8-10-12-14-16-18-20-22-24-26-28-30-32-34-36-38-40-46(50)45(44-55-56(52,53)54-43-42-49(3,4)5)48-47(51)41-39-37-35-33-31-29-27-25-23-21-19-17-15-13-11-9-7-2/h30,32,38,40,45-46,50H,6-29,31,33-37,39,41-44H2,1-5H3,(H-,48,51,52,53)/b32-30+,40-38+. The Hall–Kier alpha value is -1.02. The molecular weight excluding hydrogens is 719 g/mol. The lowest BCUT2D eigenvalue weighted by molar-refractivity contribution is -0.870. The van der Waals surface area contributed by atoms with Gasteiger partial charge in [0.1, 0.15) is 13.2 Å². The molecule has 0 bridgehead atoms. The maximum Gasteiger partial charge on any atom is 0.268 e. The number of allylic oxidation sites excluding steroid dienone is 3. The van der Waals surface area contributed by atoms with Crippen molar-refractivity contribution in [3.05, 3.63) is 24.3 Å². The highest BCUT2D eigenvalue weighted by Crippen LogP contribution is 2.38. The molecule has 0 saturated carbocycles. The lowest BCUT2D eigenvalue weighted by Gasteiger charge is -2.29. The van der Waals surface area contributed by atoms with Crippen molar-refractivity contribution < 1.29 is 32.9 Å². The fourth-order valence-corrected chi connectivity index (χ4v) is 7.60. The minimum Gasteiger partial charge on any atom is -0.756 e. The van der Waals surface area contributed by atoms with Crippen LogP contribution in [-0.2, 0) is 18.4 Å². The molecule has 0 heterocycles. The topological polar surface area (TPSA) is 108 Å². The van der Waals surface area contributed by atoms with Crippen LogP contribution in [0.3, 0.4) is 0 Å². The summed E-state index contributed by atoms with van der Waals surface area (Å²) in [4.78, 5) is 25.3. The van der Waals surface area contributed by atoms with E-state index in [1.807, 2.05) is 27.2 Å². The van der Waals surface area contributed by atoms with Gasteiger partial charge in [-0.1, -0.05) is 205 Å². The number of aliphatic hydroxyl groups is 1. The predicted octanol–water partition coefficient (Wildman–Crippen LogP) is 12.7. The number of aliphatic hydroxyl groups excluding tert-OH is 1. The number of amides is 1. The van der Waals surface area contributed by atoms with Crippen LogP contribution < -0.4 is 10.2 Å². The SMILES string of the molecule is CCCCCCCCCCCCC/C=C/CC/C=C/C(O)C(COP(=O)([O-])OCC[N+](C)(C)C)NC(=O)CCCCCCCCCCCCCCCCCCC. The molecule has 0 radical (unpaired) electrons. The van der Waals surface area contributed by atoms with Gasteiger partial charge in [-0.15, -0.1) is 0 Å². The Kier molecular flexibility index (Phi) is 38.7. The molecule has 1 amide bonds. The summed E-state index contributed by atoms with van der Waals surface area (Å²) in [6.07, 6.45) is 46.5. The van der Waals surface area contributed by atoms with Crippen molar-refractivity contribution in [1.29, 1.82) is 0 Å². The first-order valence-corrected chi connectivity index (χ1v) is 25.2. The largest absolute Gasteiger partial charge is 0.756 e. The number of phosphoric ester groups is 1. The summed E-state index contributed by atoms with van der Waals surface area (Å²) in [7, 11) is 1.25. The zero-order valence-corrected chi connectivity index (χ0v) is 38.5. The van der Waals surface area contributed by atoms with E-state index in [0.717, 1.165) is 38.5 Å². The van der Waals surface area contributed by atoms with Crippen LogP contribution in [0, 0.1) is 0 Å². The summed E-state index contributed by atoms with van der Waals surface area (Å²) in [5, 5.41) is 13.8. The third-order valence-electron chi connectivity index (χ3n) is 10.7. The summed E-state index contributed by atoms with van der Waals surface area (Å²) in [5.41, 5.74) is 0. The fraction of sp³-hybridized carbons (Fsp3) is 0.894. The number of hydrogen-bond donors (Lipinski definition) is 2. The average molecular weight is 813 g/mol. The number of nitrogens with zero attached hydrogens (tertiary/aromatic N) is 1. The van der Waals surface area contributed by atoms with Crippen molar-refractivity contribution in [2.24, 2.45) is 0 Å². The van der Waals surface area contributed by atoms with Gasteiger partial charge in [0.25, 0.3) is 7.82 Å². The molecule has 9 heteroatoms. The Bertz CT molecular complexity index is 969. The Morgan fingerprint density at radius 1 is 0.607 bits per heavy atom. The highest BCUT2D eigenvalue weighted by atomic mass is 31.2. The van der Waals surface area contributed by atoms with Crippen LogP contribution >= 0.6 is 7.82 Å². The van der Waals surface area contributed by atoms with E-state index < -0.39 is 20.0 Å². The molecule has 0 spiro atoms. The molecule has 2 N–H and O–H groups in total. The van der Waals surface area contributed by atoms with Crippen LogP contribution in [0.15, 0.2) is 24.3 Å². The molecule has 8 nitrogen and oxygen atoms in total. The molecule has 0 saturated heterocycles. The molecule has 0 aromatic carbocycles. The smallest absolute Gasteiger partial charge is 0.268 e. The number of quaternary nitrogens is 1. The monoisotopic (exact) mass is 813 g/mol. The number of phosphoric acid groups is 1. The molecule has 332 valence electrons. The summed E-state index contributed by atoms with van der Waals surface area (Å²) in [5.74, 6) is -0.205. The molecule has 0 aromatic heterocycles. The average Bonchev–Trinajstić information content (AvgIpc) is 3.15. The van der Waals surface area contributed by atoms with Crippen molar-refractivity contribution >= 4 is 13.7 Å². The van der Waals surface area contributed by atoms with Crippen molar-refractivity contribution in [2.45, 2.75) is 231 Å². The van der Waals surface area contributed by atoms with Gasteiger partial charge in [0.2, 0.25) is 5.91 Å². The highest BCUT2D eigenvalue weighted by Gasteiger charge is 2.23. The summed E-state index contributed by atoms with van der Waals surface area (Å²) < 4.78 is 23.2.